The number of carbonyl (C=O) groups excluding carboxylic acids is 3. The highest BCUT2D eigenvalue weighted by molar-refractivity contribution is 5.97. The average Bonchev–Trinajstić information content (AvgIpc) is 3.62. The van der Waals surface area contributed by atoms with E-state index in [9.17, 15) is 24.6 Å². The summed E-state index contributed by atoms with van der Waals surface area (Å²) in [5, 5.41) is 29.8. The Morgan fingerprint density at radius 3 is 2.60 bits per heavy atom. The third-order valence-corrected chi connectivity index (χ3v) is 10.1. The van der Waals surface area contributed by atoms with Gasteiger partial charge in [0.05, 0.1) is 24.6 Å². The number of aliphatic hydroxyl groups is 1. The van der Waals surface area contributed by atoms with Gasteiger partial charge in [0.1, 0.15) is 29.9 Å². The SMILES string of the molecule is COc1cc2c(cc1CNCC(O)c1ccc(O)c3c1OCC(=O)N3)CCN2C(=O)OCCN1CCC(OC(=O)Nc2ccccc2-c2ccccc2)CC1. The van der Waals surface area contributed by atoms with Crippen LogP contribution >= 0.6 is 0 Å². The van der Waals surface area contributed by atoms with Gasteiger partial charge in [-0.2, -0.15) is 0 Å². The van der Waals surface area contributed by atoms with Crippen molar-refractivity contribution in [1.29, 1.82) is 0 Å². The lowest BCUT2D eigenvalue weighted by Crippen LogP contribution is -2.40. The summed E-state index contributed by atoms with van der Waals surface area (Å²) in [7, 11) is 1.57. The van der Waals surface area contributed by atoms with Gasteiger partial charge in [0.15, 0.2) is 12.4 Å². The molecule has 1 unspecified atom stereocenters. The Morgan fingerprint density at radius 2 is 1.80 bits per heavy atom. The lowest BCUT2D eigenvalue weighted by atomic mass is 10.0. The van der Waals surface area contributed by atoms with Crippen LogP contribution in [0, 0.1) is 0 Å². The summed E-state index contributed by atoms with van der Waals surface area (Å²) in [4.78, 5) is 41.5. The van der Waals surface area contributed by atoms with Gasteiger partial charge in [-0.1, -0.05) is 48.5 Å². The first-order chi connectivity index (χ1) is 26.8. The average molecular weight is 752 g/mol. The van der Waals surface area contributed by atoms with Crippen LogP contribution in [0.3, 0.4) is 0 Å². The molecular weight excluding hydrogens is 706 g/mol. The number of benzene rings is 4. The number of phenolic OH excluding ortho intramolecular Hbond substituents is 1. The molecule has 4 aromatic carbocycles. The zero-order valence-corrected chi connectivity index (χ0v) is 30.6. The number of piperidine rings is 1. The number of nitrogens with zero attached hydrogens (tertiary/aromatic N) is 2. The van der Waals surface area contributed by atoms with E-state index in [1.54, 1.807) is 18.1 Å². The molecule has 0 radical (unpaired) electrons. The minimum Gasteiger partial charge on any atom is -0.506 e. The van der Waals surface area contributed by atoms with Crippen molar-refractivity contribution in [2.45, 2.75) is 38.0 Å². The fourth-order valence-electron chi connectivity index (χ4n) is 7.22. The maximum Gasteiger partial charge on any atom is 0.414 e. The van der Waals surface area contributed by atoms with Gasteiger partial charge in [-0.15, -0.1) is 0 Å². The lowest BCUT2D eigenvalue weighted by Gasteiger charge is -2.31. The minimum absolute atomic E-state index is 0.139. The Hall–Kier alpha value is -5.83. The molecule has 1 saturated heterocycles. The summed E-state index contributed by atoms with van der Waals surface area (Å²) >= 11 is 0. The molecule has 3 aliphatic rings. The van der Waals surface area contributed by atoms with Crippen LogP contribution < -0.4 is 30.3 Å². The second-order valence-electron chi connectivity index (χ2n) is 13.7. The molecule has 14 heteroatoms. The van der Waals surface area contributed by atoms with Crippen molar-refractivity contribution in [1.82, 2.24) is 10.2 Å². The molecule has 55 heavy (non-hydrogen) atoms. The number of aromatic hydroxyl groups is 1. The van der Waals surface area contributed by atoms with Gasteiger partial charge in [0.25, 0.3) is 5.91 Å². The van der Waals surface area contributed by atoms with Gasteiger partial charge in [-0.3, -0.25) is 19.9 Å². The molecule has 0 aromatic heterocycles. The number of nitrogens with one attached hydrogen (secondary N) is 3. The van der Waals surface area contributed by atoms with Crippen molar-refractivity contribution in [2.75, 3.05) is 68.6 Å². The topological polar surface area (TPSA) is 171 Å². The number of amides is 3. The molecule has 288 valence electrons. The lowest BCUT2D eigenvalue weighted by molar-refractivity contribution is -0.118. The number of likely N-dealkylation sites (tertiary alicyclic amines) is 1. The van der Waals surface area contributed by atoms with Gasteiger partial charge in [-0.25, -0.2) is 9.59 Å². The molecule has 0 aliphatic carbocycles. The number of carbonyl (C=O) groups is 3. The van der Waals surface area contributed by atoms with Crippen LogP contribution in [0.4, 0.5) is 26.7 Å². The molecule has 3 aliphatic heterocycles. The number of para-hydroxylation sites is 1. The smallest absolute Gasteiger partial charge is 0.414 e. The number of hydrogen-bond acceptors (Lipinski definition) is 11. The van der Waals surface area contributed by atoms with Crippen LogP contribution in [0.5, 0.6) is 17.2 Å². The van der Waals surface area contributed by atoms with Crippen molar-refractivity contribution in [3.63, 3.8) is 0 Å². The molecule has 1 atom stereocenters. The van der Waals surface area contributed by atoms with E-state index in [0.717, 1.165) is 41.0 Å². The van der Waals surface area contributed by atoms with Crippen molar-refractivity contribution in [3.8, 4) is 28.4 Å². The normalized spacial score (nSPS) is 16.0. The number of ether oxygens (including phenoxy) is 4. The molecule has 0 spiro atoms. The quantitative estimate of drug-likeness (QED) is 0.117. The highest BCUT2D eigenvalue weighted by atomic mass is 16.6. The van der Waals surface area contributed by atoms with Crippen LogP contribution in [-0.4, -0.2) is 92.4 Å². The molecule has 4 aromatic rings. The van der Waals surface area contributed by atoms with E-state index >= 15 is 0 Å². The van der Waals surface area contributed by atoms with Gasteiger partial charge >= 0.3 is 12.2 Å². The minimum atomic E-state index is -0.977. The third kappa shape index (κ3) is 8.78. The third-order valence-electron chi connectivity index (χ3n) is 10.1. The predicted molar refractivity (Wildman–Crippen MR) is 206 cm³/mol. The maximum atomic E-state index is 13.2. The van der Waals surface area contributed by atoms with E-state index in [1.807, 2.05) is 66.7 Å². The summed E-state index contributed by atoms with van der Waals surface area (Å²) in [6, 6.07) is 24.3. The van der Waals surface area contributed by atoms with Crippen molar-refractivity contribution in [3.05, 3.63) is 95.6 Å². The number of hydrogen-bond donors (Lipinski definition) is 5. The summed E-state index contributed by atoms with van der Waals surface area (Å²) in [6.45, 7) is 3.07. The zero-order chi connectivity index (χ0) is 38.3. The molecule has 5 N–H and O–H groups in total. The highest BCUT2D eigenvalue weighted by Crippen LogP contribution is 2.41. The van der Waals surface area contributed by atoms with Crippen LogP contribution in [0.25, 0.3) is 11.1 Å². The van der Waals surface area contributed by atoms with E-state index in [0.29, 0.717) is 55.9 Å². The van der Waals surface area contributed by atoms with Crippen LogP contribution in [0.2, 0.25) is 0 Å². The standard InChI is InChI=1S/C41H45N5O9/c1-52-36-22-33-27(21-28(36)23-42-24-35(48)31-11-12-34(47)38-39(31)54-25-37(49)44-38)13-18-46(33)41(51)53-20-19-45-16-14-29(15-17-45)55-40(50)43-32-10-6-5-9-30(32)26-7-3-2-4-8-26/h2-12,21-22,29,35,42,47-48H,13-20,23-25H2,1H3,(H,43,50)(H,44,49). The van der Waals surface area contributed by atoms with Crippen LogP contribution in [-0.2, 0) is 27.2 Å². The van der Waals surface area contributed by atoms with E-state index in [1.165, 1.54) is 6.07 Å². The van der Waals surface area contributed by atoms with Crippen molar-refractivity contribution >= 4 is 35.2 Å². The van der Waals surface area contributed by atoms with Crippen molar-refractivity contribution < 1.29 is 43.5 Å². The maximum absolute atomic E-state index is 13.2. The number of aliphatic hydroxyl groups excluding tert-OH is 1. The first kappa shape index (κ1) is 37.5. The molecule has 7 rings (SSSR count). The van der Waals surface area contributed by atoms with Gasteiger partial charge in [-0.05, 0) is 54.7 Å². The molecular formula is C41H45N5O9. The number of methoxy groups -OCH3 is 1. The summed E-state index contributed by atoms with van der Waals surface area (Å²) in [6.07, 6.45) is -0.0438. The van der Waals surface area contributed by atoms with Crippen molar-refractivity contribution in [2.24, 2.45) is 0 Å². The van der Waals surface area contributed by atoms with Gasteiger partial charge in [0.2, 0.25) is 0 Å². The predicted octanol–water partition coefficient (Wildman–Crippen LogP) is 5.43. The second-order valence-corrected chi connectivity index (χ2v) is 13.7. The second kappa shape index (κ2) is 17.1. The molecule has 0 saturated carbocycles. The molecule has 3 heterocycles. The largest absolute Gasteiger partial charge is 0.506 e. The number of fused-ring (bicyclic) bond motifs is 2. The monoisotopic (exact) mass is 751 g/mol. The molecule has 14 nitrogen and oxygen atoms in total. The first-order valence-corrected chi connectivity index (χ1v) is 18.4. The number of anilines is 3. The van der Waals surface area contributed by atoms with E-state index in [4.69, 9.17) is 18.9 Å². The fraction of sp³-hybridized carbons (Fsp3) is 0.341. The summed E-state index contributed by atoms with van der Waals surface area (Å²) in [5.74, 6) is 0.314. The van der Waals surface area contributed by atoms with Crippen LogP contribution in [0.15, 0.2) is 78.9 Å². The molecule has 3 amide bonds. The van der Waals surface area contributed by atoms with Gasteiger partial charge < -0.3 is 39.8 Å². The van der Waals surface area contributed by atoms with Crippen LogP contribution in [0.1, 0.15) is 35.6 Å². The summed E-state index contributed by atoms with van der Waals surface area (Å²) in [5.41, 5.74) is 5.81. The zero-order valence-electron chi connectivity index (χ0n) is 30.6. The van der Waals surface area contributed by atoms with E-state index in [2.05, 4.69) is 20.9 Å². The first-order valence-electron chi connectivity index (χ1n) is 18.4. The Bertz CT molecular complexity index is 2020. The Morgan fingerprint density at radius 1 is 1.02 bits per heavy atom. The Balaban J connectivity index is 0.849. The number of rotatable bonds is 12. The Labute approximate surface area is 318 Å². The van der Waals surface area contributed by atoms with E-state index in [-0.39, 0.29) is 49.0 Å². The summed E-state index contributed by atoms with van der Waals surface area (Å²) < 4.78 is 22.6. The number of phenols is 1. The molecule has 0 bridgehead atoms. The Kier molecular flexibility index (Phi) is 11.7. The molecule has 1 fully saturated rings. The van der Waals surface area contributed by atoms with Gasteiger partial charge in [0, 0.05) is 62.0 Å². The van der Waals surface area contributed by atoms with E-state index < -0.39 is 18.3 Å². The fourth-order valence-corrected chi connectivity index (χ4v) is 7.22. The highest BCUT2D eigenvalue weighted by Gasteiger charge is 2.29.